The SMILES string of the molecule is Cc1ccc(NC2=C(Cl)C(=O)O[C@H]2C(C(N)=O)C(N)=O)cc1. The molecule has 2 amide bonds. The molecule has 1 aromatic rings. The van der Waals surface area contributed by atoms with Crippen molar-refractivity contribution >= 4 is 35.1 Å². The van der Waals surface area contributed by atoms with Crippen LogP contribution >= 0.6 is 11.6 Å². The Labute approximate surface area is 131 Å². The molecule has 0 aromatic heterocycles. The highest BCUT2D eigenvalue weighted by molar-refractivity contribution is 6.42. The fourth-order valence-corrected chi connectivity index (χ4v) is 2.25. The molecule has 8 heteroatoms. The zero-order valence-electron chi connectivity index (χ0n) is 11.6. The molecule has 0 aliphatic carbocycles. The van der Waals surface area contributed by atoms with Gasteiger partial charge < -0.3 is 21.5 Å². The van der Waals surface area contributed by atoms with Crippen molar-refractivity contribution in [3.05, 3.63) is 40.6 Å². The lowest BCUT2D eigenvalue weighted by Gasteiger charge is -2.20. The summed E-state index contributed by atoms with van der Waals surface area (Å²) in [5.41, 5.74) is 12.0. The van der Waals surface area contributed by atoms with Crippen LogP contribution in [0.2, 0.25) is 0 Å². The zero-order valence-corrected chi connectivity index (χ0v) is 12.4. The number of hydrogen-bond acceptors (Lipinski definition) is 5. The second-order valence-corrected chi connectivity index (χ2v) is 5.20. The van der Waals surface area contributed by atoms with E-state index in [-0.39, 0.29) is 10.7 Å². The Morgan fingerprint density at radius 3 is 2.27 bits per heavy atom. The van der Waals surface area contributed by atoms with Gasteiger partial charge in [0.2, 0.25) is 11.8 Å². The molecular weight excluding hydrogens is 310 g/mol. The third kappa shape index (κ3) is 3.04. The van der Waals surface area contributed by atoms with E-state index in [1.54, 1.807) is 12.1 Å². The van der Waals surface area contributed by atoms with E-state index in [9.17, 15) is 14.4 Å². The first kappa shape index (κ1) is 15.8. The monoisotopic (exact) mass is 323 g/mol. The average Bonchev–Trinajstić information content (AvgIpc) is 2.69. The molecule has 116 valence electrons. The lowest BCUT2D eigenvalue weighted by Crippen LogP contribution is -2.45. The number of carbonyl (C=O) groups excluding carboxylic acids is 3. The van der Waals surface area contributed by atoms with Gasteiger partial charge in [-0.05, 0) is 19.1 Å². The predicted molar refractivity (Wildman–Crippen MR) is 79.4 cm³/mol. The first-order valence-electron chi connectivity index (χ1n) is 6.34. The molecule has 0 unspecified atom stereocenters. The summed E-state index contributed by atoms with van der Waals surface area (Å²) in [5.74, 6) is -4.36. The number of esters is 1. The second-order valence-electron chi connectivity index (χ2n) is 4.83. The van der Waals surface area contributed by atoms with E-state index < -0.39 is 29.8 Å². The normalized spacial score (nSPS) is 17.6. The molecule has 0 bridgehead atoms. The highest BCUT2D eigenvalue weighted by Gasteiger charge is 2.44. The van der Waals surface area contributed by atoms with Crippen LogP contribution in [0.5, 0.6) is 0 Å². The van der Waals surface area contributed by atoms with Gasteiger partial charge in [-0.1, -0.05) is 29.3 Å². The molecule has 22 heavy (non-hydrogen) atoms. The number of benzene rings is 1. The summed E-state index contributed by atoms with van der Waals surface area (Å²) in [6.07, 6.45) is -1.27. The van der Waals surface area contributed by atoms with Crippen molar-refractivity contribution in [1.29, 1.82) is 0 Å². The van der Waals surface area contributed by atoms with E-state index in [0.717, 1.165) is 5.56 Å². The molecule has 1 aliphatic heterocycles. The number of halogens is 1. The average molecular weight is 324 g/mol. The Hall–Kier alpha value is -2.54. The van der Waals surface area contributed by atoms with Gasteiger partial charge in [0.05, 0.1) is 5.70 Å². The number of carbonyl (C=O) groups is 3. The Kier molecular flexibility index (Phi) is 4.37. The summed E-state index contributed by atoms with van der Waals surface area (Å²) in [6, 6.07) is 7.16. The number of ether oxygens (including phenoxy) is 1. The Morgan fingerprint density at radius 2 is 1.77 bits per heavy atom. The fraction of sp³-hybridized carbons (Fsp3) is 0.214. The number of primary amides is 2. The molecule has 1 atom stereocenters. The Balaban J connectivity index is 2.35. The van der Waals surface area contributed by atoms with Crippen LogP contribution in [0.4, 0.5) is 5.69 Å². The maximum atomic E-state index is 11.6. The van der Waals surface area contributed by atoms with Gasteiger partial charge in [-0.2, -0.15) is 0 Å². The van der Waals surface area contributed by atoms with E-state index in [4.69, 9.17) is 27.8 Å². The van der Waals surface area contributed by atoms with Crippen molar-refractivity contribution in [1.82, 2.24) is 0 Å². The molecule has 0 fully saturated rings. The quantitative estimate of drug-likeness (QED) is 0.533. The number of nitrogens with two attached hydrogens (primary N) is 2. The van der Waals surface area contributed by atoms with Crippen molar-refractivity contribution in [3.63, 3.8) is 0 Å². The molecule has 5 N–H and O–H groups in total. The number of anilines is 1. The lowest BCUT2D eigenvalue weighted by molar-refractivity contribution is -0.146. The van der Waals surface area contributed by atoms with E-state index in [0.29, 0.717) is 5.69 Å². The van der Waals surface area contributed by atoms with Gasteiger partial charge in [0, 0.05) is 5.69 Å². The molecule has 0 saturated heterocycles. The van der Waals surface area contributed by atoms with Crippen LogP contribution in [0.15, 0.2) is 35.0 Å². The summed E-state index contributed by atoms with van der Waals surface area (Å²) in [6.45, 7) is 1.91. The Bertz CT molecular complexity index is 655. The summed E-state index contributed by atoms with van der Waals surface area (Å²) in [5, 5.41) is 2.62. The van der Waals surface area contributed by atoms with Crippen LogP contribution in [0.25, 0.3) is 0 Å². The van der Waals surface area contributed by atoms with Crippen molar-refractivity contribution in [2.75, 3.05) is 5.32 Å². The number of aryl methyl sites for hydroxylation is 1. The highest BCUT2D eigenvalue weighted by Crippen LogP contribution is 2.31. The van der Waals surface area contributed by atoms with Crippen molar-refractivity contribution < 1.29 is 19.1 Å². The first-order chi connectivity index (χ1) is 10.3. The van der Waals surface area contributed by atoms with Crippen molar-refractivity contribution in [2.24, 2.45) is 17.4 Å². The van der Waals surface area contributed by atoms with Crippen LogP contribution < -0.4 is 16.8 Å². The van der Waals surface area contributed by atoms with Crippen LogP contribution in [0.1, 0.15) is 5.56 Å². The molecule has 0 saturated carbocycles. The minimum Gasteiger partial charge on any atom is -0.450 e. The summed E-state index contributed by atoms with van der Waals surface area (Å²) in [4.78, 5) is 34.5. The minimum atomic E-state index is -1.51. The molecular formula is C14H14ClN3O4. The molecule has 0 radical (unpaired) electrons. The van der Waals surface area contributed by atoms with Gasteiger partial charge in [0.15, 0.2) is 12.0 Å². The number of amides is 2. The maximum absolute atomic E-state index is 11.6. The predicted octanol–water partition coefficient (Wildman–Crippen LogP) is 0.370. The van der Waals surface area contributed by atoms with E-state index in [2.05, 4.69) is 5.32 Å². The van der Waals surface area contributed by atoms with Crippen molar-refractivity contribution in [3.8, 4) is 0 Å². The number of cyclic esters (lactones) is 1. The topological polar surface area (TPSA) is 125 Å². The smallest absolute Gasteiger partial charge is 0.352 e. The van der Waals surface area contributed by atoms with Crippen LogP contribution in [0.3, 0.4) is 0 Å². The van der Waals surface area contributed by atoms with E-state index in [1.165, 1.54) is 0 Å². The molecule has 1 aromatic carbocycles. The van der Waals surface area contributed by atoms with Crippen LogP contribution in [-0.4, -0.2) is 23.9 Å². The van der Waals surface area contributed by atoms with Gasteiger partial charge in [0.1, 0.15) is 5.03 Å². The summed E-state index contributed by atoms with van der Waals surface area (Å²) < 4.78 is 4.96. The summed E-state index contributed by atoms with van der Waals surface area (Å²) >= 11 is 5.90. The molecule has 2 rings (SSSR count). The van der Waals surface area contributed by atoms with Gasteiger partial charge in [-0.15, -0.1) is 0 Å². The van der Waals surface area contributed by atoms with Crippen molar-refractivity contribution in [2.45, 2.75) is 13.0 Å². The number of rotatable bonds is 5. The fourth-order valence-electron chi connectivity index (χ4n) is 2.05. The standard InChI is InChI=1S/C14H14ClN3O4/c1-6-2-4-7(5-3-6)18-10-9(15)14(21)22-11(10)8(12(16)19)13(17)20/h2-5,8,11,18H,1H3,(H2,16,19)(H2,17,20)/t11-/m0/s1. The number of hydrogen-bond donors (Lipinski definition) is 3. The van der Waals surface area contributed by atoms with E-state index >= 15 is 0 Å². The molecule has 1 heterocycles. The molecule has 1 aliphatic rings. The number of nitrogens with one attached hydrogen (secondary N) is 1. The van der Waals surface area contributed by atoms with Gasteiger partial charge in [-0.25, -0.2) is 4.79 Å². The zero-order chi connectivity index (χ0) is 16.4. The molecule has 0 spiro atoms. The second kappa shape index (κ2) is 6.07. The van der Waals surface area contributed by atoms with Crippen LogP contribution in [-0.2, 0) is 19.1 Å². The van der Waals surface area contributed by atoms with Gasteiger partial charge >= 0.3 is 5.97 Å². The third-order valence-electron chi connectivity index (χ3n) is 3.18. The minimum absolute atomic E-state index is 0.0816. The summed E-state index contributed by atoms with van der Waals surface area (Å²) in [7, 11) is 0. The van der Waals surface area contributed by atoms with Crippen LogP contribution in [0, 0.1) is 12.8 Å². The van der Waals surface area contributed by atoms with Gasteiger partial charge in [0.25, 0.3) is 0 Å². The Morgan fingerprint density at radius 1 is 1.23 bits per heavy atom. The third-order valence-corrected chi connectivity index (χ3v) is 3.54. The maximum Gasteiger partial charge on any atom is 0.352 e. The highest BCUT2D eigenvalue weighted by atomic mass is 35.5. The van der Waals surface area contributed by atoms with Gasteiger partial charge in [-0.3, -0.25) is 9.59 Å². The molecule has 7 nitrogen and oxygen atoms in total. The first-order valence-corrected chi connectivity index (χ1v) is 6.72. The largest absolute Gasteiger partial charge is 0.450 e. The lowest BCUT2D eigenvalue weighted by atomic mass is 9.98. The van der Waals surface area contributed by atoms with E-state index in [1.807, 2.05) is 19.1 Å².